The summed E-state index contributed by atoms with van der Waals surface area (Å²) >= 11 is 0. The van der Waals surface area contributed by atoms with Crippen LogP contribution in [0.25, 0.3) is 0 Å². The number of hydrogen-bond acceptors (Lipinski definition) is 2. The molecule has 1 aliphatic rings. The summed E-state index contributed by atoms with van der Waals surface area (Å²) in [5, 5.41) is 0. The monoisotopic (exact) mass is 237 g/mol. The smallest absolute Gasteiger partial charge is 0.320 e. The van der Waals surface area contributed by atoms with E-state index in [1.807, 2.05) is 0 Å². The molecule has 1 aromatic rings. The molecule has 0 aromatic heterocycles. The number of likely N-dealkylation sites (N-methyl/N-ethyl adjacent to an activating group) is 1. The van der Waals surface area contributed by atoms with E-state index in [2.05, 4.69) is 0 Å². The van der Waals surface area contributed by atoms with E-state index in [-0.39, 0.29) is 18.4 Å². The van der Waals surface area contributed by atoms with Gasteiger partial charge in [0.2, 0.25) is 0 Å². The first-order valence-corrected chi connectivity index (χ1v) is 5.60. The Bertz CT molecular complexity index is 436. The van der Waals surface area contributed by atoms with Crippen molar-refractivity contribution in [2.24, 2.45) is 5.73 Å². The van der Waals surface area contributed by atoms with Crippen LogP contribution >= 0.6 is 0 Å². The molecular formula is C12H16FN3O. The van der Waals surface area contributed by atoms with Gasteiger partial charge in [0.1, 0.15) is 5.82 Å². The number of rotatable bonds is 3. The Hall–Kier alpha value is -1.62. The number of urea groups is 1. The summed E-state index contributed by atoms with van der Waals surface area (Å²) in [7, 11) is 1.75. The highest BCUT2D eigenvalue weighted by atomic mass is 19.1. The summed E-state index contributed by atoms with van der Waals surface area (Å²) in [5.41, 5.74) is 6.46. The van der Waals surface area contributed by atoms with Gasteiger partial charge in [-0.25, -0.2) is 9.18 Å². The Kier molecular flexibility index (Phi) is 3.28. The van der Waals surface area contributed by atoms with Crippen LogP contribution in [0.5, 0.6) is 0 Å². The highest BCUT2D eigenvalue weighted by Crippen LogP contribution is 2.17. The minimum absolute atomic E-state index is 0.0532. The molecule has 0 saturated carbocycles. The molecule has 1 saturated heterocycles. The lowest BCUT2D eigenvalue weighted by molar-refractivity contribution is 0.196. The van der Waals surface area contributed by atoms with Crippen molar-refractivity contribution in [2.45, 2.75) is 13.1 Å². The van der Waals surface area contributed by atoms with Crippen LogP contribution in [-0.2, 0) is 13.1 Å². The molecule has 1 fully saturated rings. The zero-order chi connectivity index (χ0) is 12.4. The lowest BCUT2D eigenvalue weighted by Gasteiger charge is -2.17. The molecule has 5 heteroatoms. The first-order valence-electron chi connectivity index (χ1n) is 5.60. The quantitative estimate of drug-likeness (QED) is 0.857. The molecule has 0 atom stereocenters. The summed E-state index contributed by atoms with van der Waals surface area (Å²) in [6.07, 6.45) is 0. The van der Waals surface area contributed by atoms with Crippen LogP contribution in [0.1, 0.15) is 11.1 Å². The molecule has 2 rings (SSSR count). The van der Waals surface area contributed by atoms with Crippen LogP contribution in [-0.4, -0.2) is 36.0 Å². The fourth-order valence-electron chi connectivity index (χ4n) is 1.97. The van der Waals surface area contributed by atoms with Gasteiger partial charge in [-0.05, 0) is 0 Å². The minimum Gasteiger partial charge on any atom is -0.326 e. The molecule has 0 aliphatic carbocycles. The van der Waals surface area contributed by atoms with Gasteiger partial charge in [-0.3, -0.25) is 0 Å². The number of nitrogens with zero attached hydrogens (tertiary/aromatic N) is 2. The highest BCUT2D eigenvalue weighted by Gasteiger charge is 2.25. The molecule has 1 heterocycles. The second-order valence-corrected chi connectivity index (χ2v) is 4.22. The van der Waals surface area contributed by atoms with Crippen molar-refractivity contribution in [3.05, 3.63) is 35.1 Å². The Morgan fingerprint density at radius 1 is 1.35 bits per heavy atom. The Labute approximate surface area is 99.8 Å². The molecule has 4 nitrogen and oxygen atoms in total. The summed E-state index contributed by atoms with van der Waals surface area (Å²) < 4.78 is 13.9. The molecule has 0 spiro atoms. The minimum atomic E-state index is -0.294. The van der Waals surface area contributed by atoms with Gasteiger partial charge in [0, 0.05) is 37.8 Å². The van der Waals surface area contributed by atoms with Gasteiger partial charge < -0.3 is 15.5 Å². The molecule has 2 N–H and O–H groups in total. The van der Waals surface area contributed by atoms with E-state index in [0.717, 1.165) is 0 Å². The normalized spacial score (nSPS) is 15.8. The summed E-state index contributed by atoms with van der Waals surface area (Å²) in [4.78, 5) is 14.9. The van der Waals surface area contributed by atoms with Crippen LogP contribution in [0.3, 0.4) is 0 Å². The lowest BCUT2D eigenvalue weighted by atomic mass is 10.1. The van der Waals surface area contributed by atoms with E-state index in [1.165, 1.54) is 0 Å². The molecule has 92 valence electrons. The standard InChI is InChI=1S/C12H16FN3O/c1-15-5-6-16(12(15)17)8-10-4-2-3-9(7-14)11(10)13/h2-4H,5-8,14H2,1H3. The van der Waals surface area contributed by atoms with Crippen molar-refractivity contribution in [3.63, 3.8) is 0 Å². The van der Waals surface area contributed by atoms with Crippen molar-refractivity contribution < 1.29 is 9.18 Å². The number of hydrogen-bond donors (Lipinski definition) is 1. The molecule has 1 aliphatic heterocycles. The van der Waals surface area contributed by atoms with E-state index in [4.69, 9.17) is 5.73 Å². The molecule has 2 amide bonds. The summed E-state index contributed by atoms with van der Waals surface area (Å²) in [6.45, 7) is 1.81. The predicted octanol–water partition coefficient (Wildman–Crippen LogP) is 1.15. The maximum atomic E-state index is 13.9. The fraction of sp³-hybridized carbons (Fsp3) is 0.417. The Morgan fingerprint density at radius 2 is 2.06 bits per heavy atom. The third kappa shape index (κ3) is 2.24. The molecule has 0 bridgehead atoms. The number of nitrogens with two attached hydrogens (primary N) is 1. The van der Waals surface area contributed by atoms with E-state index < -0.39 is 0 Å². The predicted molar refractivity (Wildman–Crippen MR) is 62.7 cm³/mol. The van der Waals surface area contributed by atoms with E-state index in [9.17, 15) is 9.18 Å². The number of carbonyl (C=O) groups is 1. The second kappa shape index (κ2) is 4.71. The zero-order valence-electron chi connectivity index (χ0n) is 9.82. The van der Waals surface area contributed by atoms with Crippen LogP contribution in [0.4, 0.5) is 9.18 Å². The Balaban J connectivity index is 2.17. The van der Waals surface area contributed by atoms with Crippen molar-refractivity contribution in [3.8, 4) is 0 Å². The number of amides is 2. The first kappa shape index (κ1) is 11.9. The molecule has 0 unspecified atom stereocenters. The van der Waals surface area contributed by atoms with Gasteiger partial charge in [-0.1, -0.05) is 18.2 Å². The molecule has 1 aromatic carbocycles. The van der Waals surface area contributed by atoms with Crippen molar-refractivity contribution >= 4 is 6.03 Å². The summed E-state index contributed by atoms with van der Waals surface area (Å²) in [5.74, 6) is -0.294. The average Bonchev–Trinajstić information content (AvgIpc) is 2.64. The second-order valence-electron chi connectivity index (χ2n) is 4.22. The van der Waals surface area contributed by atoms with Crippen LogP contribution in [0.15, 0.2) is 18.2 Å². The van der Waals surface area contributed by atoms with Gasteiger partial charge >= 0.3 is 6.03 Å². The largest absolute Gasteiger partial charge is 0.326 e. The lowest BCUT2D eigenvalue weighted by Crippen LogP contribution is -2.29. The average molecular weight is 237 g/mol. The third-order valence-electron chi connectivity index (χ3n) is 3.04. The van der Waals surface area contributed by atoms with E-state index >= 15 is 0 Å². The SMILES string of the molecule is CN1CCN(Cc2cccc(CN)c2F)C1=O. The maximum Gasteiger partial charge on any atom is 0.320 e. The van der Waals surface area contributed by atoms with Crippen molar-refractivity contribution in [1.29, 1.82) is 0 Å². The highest BCUT2D eigenvalue weighted by molar-refractivity contribution is 5.76. The zero-order valence-corrected chi connectivity index (χ0v) is 9.82. The number of carbonyl (C=O) groups excluding carboxylic acids is 1. The van der Waals surface area contributed by atoms with Crippen LogP contribution in [0.2, 0.25) is 0 Å². The third-order valence-corrected chi connectivity index (χ3v) is 3.04. The van der Waals surface area contributed by atoms with Gasteiger partial charge in [0.05, 0.1) is 6.54 Å². The molecular weight excluding hydrogens is 221 g/mol. The van der Waals surface area contributed by atoms with Gasteiger partial charge in [0.15, 0.2) is 0 Å². The molecule has 17 heavy (non-hydrogen) atoms. The fourth-order valence-corrected chi connectivity index (χ4v) is 1.97. The number of benzene rings is 1. The van der Waals surface area contributed by atoms with Crippen molar-refractivity contribution in [1.82, 2.24) is 9.80 Å². The van der Waals surface area contributed by atoms with Gasteiger partial charge in [0.25, 0.3) is 0 Å². The van der Waals surface area contributed by atoms with Gasteiger partial charge in [-0.2, -0.15) is 0 Å². The van der Waals surface area contributed by atoms with E-state index in [1.54, 1.807) is 35.0 Å². The maximum absolute atomic E-state index is 13.9. The Morgan fingerprint density at radius 3 is 2.65 bits per heavy atom. The van der Waals surface area contributed by atoms with Crippen LogP contribution in [0, 0.1) is 5.82 Å². The topological polar surface area (TPSA) is 49.6 Å². The number of halogens is 1. The summed E-state index contributed by atoms with van der Waals surface area (Å²) in [6, 6.07) is 5.07. The van der Waals surface area contributed by atoms with Crippen LogP contribution < -0.4 is 5.73 Å². The van der Waals surface area contributed by atoms with Gasteiger partial charge in [-0.15, -0.1) is 0 Å². The van der Waals surface area contributed by atoms with Crippen molar-refractivity contribution in [2.75, 3.05) is 20.1 Å². The first-order chi connectivity index (χ1) is 8.13. The van der Waals surface area contributed by atoms with E-state index in [0.29, 0.717) is 30.8 Å². The molecule has 0 radical (unpaired) electrons.